The van der Waals surface area contributed by atoms with Gasteiger partial charge in [-0.15, -0.1) is 0 Å². The van der Waals surface area contributed by atoms with E-state index in [9.17, 15) is 18.8 Å². The number of hydrogen-bond acceptors (Lipinski definition) is 5. The van der Waals surface area contributed by atoms with Crippen molar-refractivity contribution in [3.63, 3.8) is 0 Å². The van der Waals surface area contributed by atoms with Gasteiger partial charge in [0.15, 0.2) is 0 Å². The second kappa shape index (κ2) is 12.2. The molecule has 3 aromatic carbocycles. The fourth-order valence-corrected chi connectivity index (χ4v) is 4.80. The van der Waals surface area contributed by atoms with Gasteiger partial charge in [0.05, 0.1) is 0 Å². The maximum absolute atomic E-state index is 14.6. The topological polar surface area (TPSA) is 99.8 Å². The van der Waals surface area contributed by atoms with Gasteiger partial charge in [-0.05, 0) is 80.3 Å². The number of fused-ring (bicyclic) bond motifs is 1. The minimum absolute atomic E-state index is 0.0810. The van der Waals surface area contributed by atoms with Crippen molar-refractivity contribution in [2.45, 2.75) is 72.6 Å². The summed E-state index contributed by atoms with van der Waals surface area (Å²) in [6.45, 7) is 11.6. The molecule has 1 unspecified atom stereocenters. The number of halogens is 1. The van der Waals surface area contributed by atoms with Crippen LogP contribution in [-0.4, -0.2) is 29.6 Å². The highest BCUT2D eigenvalue weighted by molar-refractivity contribution is 5.99. The maximum Gasteiger partial charge on any atom is 0.412 e. The molecule has 4 rings (SSSR count). The number of hydrogen-bond donors (Lipinski definition) is 3. The van der Waals surface area contributed by atoms with Crippen molar-refractivity contribution in [1.82, 2.24) is 0 Å². The second-order valence-electron chi connectivity index (χ2n) is 12.8. The molecule has 3 N–H and O–H groups in total. The van der Waals surface area contributed by atoms with Crippen LogP contribution in [-0.2, 0) is 27.3 Å². The van der Waals surface area contributed by atoms with Crippen LogP contribution in [0.25, 0.3) is 0 Å². The zero-order valence-electron chi connectivity index (χ0n) is 25.0. The SMILES string of the molecule is CC(C)(C)CC(=O)Nc1ccc2c(c1)CC(C(=O)Nc1ccc(NC(=O)OC(C)(C)C)cc1)N2Cc1ccccc1F. The Morgan fingerprint density at radius 3 is 2.10 bits per heavy atom. The molecular weight excluding hydrogens is 535 g/mol. The lowest BCUT2D eigenvalue weighted by Gasteiger charge is -2.27. The summed E-state index contributed by atoms with van der Waals surface area (Å²) in [6, 6.07) is 18.2. The Morgan fingerprint density at radius 2 is 1.48 bits per heavy atom. The normalized spacial score (nSPS) is 14.6. The molecule has 0 aromatic heterocycles. The van der Waals surface area contributed by atoms with Crippen LogP contribution in [0.5, 0.6) is 0 Å². The summed E-state index contributed by atoms with van der Waals surface area (Å²) in [5.41, 5.74) is 3.13. The van der Waals surface area contributed by atoms with Crippen molar-refractivity contribution in [3.05, 3.63) is 83.7 Å². The number of amides is 3. The first kappa shape index (κ1) is 30.6. The Balaban J connectivity index is 1.51. The number of ether oxygens (including phenoxy) is 1. The highest BCUT2D eigenvalue weighted by Gasteiger charge is 2.35. The van der Waals surface area contributed by atoms with Crippen molar-refractivity contribution < 1.29 is 23.5 Å². The van der Waals surface area contributed by atoms with E-state index >= 15 is 0 Å². The Labute approximate surface area is 246 Å². The van der Waals surface area contributed by atoms with Gasteiger partial charge in [-0.25, -0.2) is 9.18 Å². The van der Waals surface area contributed by atoms with Crippen LogP contribution in [0.15, 0.2) is 66.7 Å². The molecule has 0 aliphatic carbocycles. The maximum atomic E-state index is 14.6. The highest BCUT2D eigenvalue weighted by atomic mass is 19.1. The summed E-state index contributed by atoms with van der Waals surface area (Å²) in [5, 5.41) is 8.58. The molecule has 3 aromatic rings. The molecule has 0 bridgehead atoms. The first-order valence-electron chi connectivity index (χ1n) is 14.0. The fraction of sp³-hybridized carbons (Fsp3) is 0.364. The molecule has 1 atom stereocenters. The number of benzene rings is 3. The number of nitrogens with one attached hydrogen (secondary N) is 3. The third-order valence-electron chi connectivity index (χ3n) is 6.55. The largest absolute Gasteiger partial charge is 0.444 e. The Bertz CT molecular complexity index is 1460. The molecule has 0 spiro atoms. The van der Waals surface area contributed by atoms with Crippen LogP contribution in [0.1, 0.15) is 59.1 Å². The van der Waals surface area contributed by atoms with E-state index < -0.39 is 17.7 Å². The Morgan fingerprint density at radius 1 is 0.857 bits per heavy atom. The summed E-state index contributed by atoms with van der Waals surface area (Å²) in [4.78, 5) is 40.1. The minimum atomic E-state index is -0.621. The Kier molecular flexibility index (Phi) is 8.89. The average Bonchev–Trinajstić information content (AvgIpc) is 3.22. The number of anilines is 4. The molecule has 1 heterocycles. The molecule has 3 amide bonds. The van der Waals surface area contributed by atoms with E-state index in [0.717, 1.165) is 11.3 Å². The van der Waals surface area contributed by atoms with E-state index in [1.54, 1.807) is 63.2 Å². The van der Waals surface area contributed by atoms with Crippen molar-refractivity contribution >= 4 is 40.7 Å². The van der Waals surface area contributed by atoms with Crippen molar-refractivity contribution in [1.29, 1.82) is 0 Å². The molecule has 9 heteroatoms. The van der Waals surface area contributed by atoms with Gasteiger partial charge in [0.2, 0.25) is 11.8 Å². The van der Waals surface area contributed by atoms with Crippen molar-refractivity contribution in [2.24, 2.45) is 5.41 Å². The van der Waals surface area contributed by atoms with Crippen LogP contribution in [0.2, 0.25) is 0 Å². The average molecular weight is 575 g/mol. The first-order valence-corrected chi connectivity index (χ1v) is 14.0. The molecule has 0 saturated heterocycles. The van der Waals surface area contributed by atoms with Crippen LogP contribution in [0, 0.1) is 11.2 Å². The lowest BCUT2D eigenvalue weighted by Crippen LogP contribution is -2.41. The van der Waals surface area contributed by atoms with E-state index in [1.165, 1.54) is 6.07 Å². The smallest absolute Gasteiger partial charge is 0.412 e. The van der Waals surface area contributed by atoms with Gasteiger partial charge in [-0.1, -0.05) is 39.0 Å². The summed E-state index contributed by atoms with van der Waals surface area (Å²) in [5.74, 6) is -0.680. The first-order chi connectivity index (χ1) is 19.7. The van der Waals surface area contributed by atoms with Gasteiger partial charge in [-0.3, -0.25) is 14.9 Å². The van der Waals surface area contributed by atoms with Crippen molar-refractivity contribution in [3.8, 4) is 0 Å². The predicted molar refractivity (Wildman–Crippen MR) is 164 cm³/mol. The number of carbonyl (C=O) groups is 3. The second-order valence-corrected chi connectivity index (χ2v) is 12.8. The van der Waals surface area contributed by atoms with Gasteiger partial charge in [-0.2, -0.15) is 0 Å². The quantitative estimate of drug-likeness (QED) is 0.279. The summed E-state index contributed by atoms with van der Waals surface area (Å²) in [6.07, 6.45) is 0.193. The molecule has 0 fully saturated rings. The molecule has 0 saturated carbocycles. The molecular formula is C33H39FN4O4. The fourth-order valence-electron chi connectivity index (χ4n) is 4.80. The summed E-state index contributed by atoms with van der Waals surface area (Å²) < 4.78 is 19.9. The molecule has 1 aliphatic rings. The number of rotatable bonds is 7. The zero-order chi connectivity index (χ0) is 30.7. The van der Waals surface area contributed by atoms with Crippen LogP contribution < -0.4 is 20.9 Å². The monoisotopic (exact) mass is 574 g/mol. The minimum Gasteiger partial charge on any atom is -0.444 e. The van der Waals surface area contributed by atoms with E-state index in [4.69, 9.17) is 4.74 Å². The van der Waals surface area contributed by atoms with E-state index in [1.807, 2.05) is 43.9 Å². The molecule has 0 radical (unpaired) electrons. The van der Waals surface area contributed by atoms with E-state index in [2.05, 4.69) is 16.0 Å². The van der Waals surface area contributed by atoms with E-state index in [0.29, 0.717) is 35.5 Å². The van der Waals surface area contributed by atoms with E-state index in [-0.39, 0.29) is 29.6 Å². The van der Waals surface area contributed by atoms with Crippen LogP contribution in [0.4, 0.5) is 31.9 Å². The molecule has 42 heavy (non-hydrogen) atoms. The zero-order valence-corrected chi connectivity index (χ0v) is 25.0. The van der Waals surface area contributed by atoms with Crippen molar-refractivity contribution in [2.75, 3.05) is 20.9 Å². The standard InChI is InChI=1S/C33H39FN4O4/c1-32(2,3)19-29(39)35-25-15-16-27-22(17-25)18-28(38(27)20-21-9-7-8-10-26(21)34)30(40)36-23-11-13-24(14-12-23)37-31(41)42-33(4,5)6/h7-17,28H,18-20H2,1-6H3,(H,35,39)(H,36,40)(H,37,41). The predicted octanol–water partition coefficient (Wildman–Crippen LogP) is 7.12. The lowest BCUT2D eigenvalue weighted by molar-refractivity contribution is -0.118. The Hall–Kier alpha value is -4.40. The molecule has 8 nitrogen and oxygen atoms in total. The highest BCUT2D eigenvalue weighted by Crippen LogP contribution is 2.36. The van der Waals surface area contributed by atoms with Gasteiger partial charge < -0.3 is 20.3 Å². The molecule has 222 valence electrons. The van der Waals surface area contributed by atoms with Gasteiger partial charge in [0.25, 0.3) is 0 Å². The summed E-state index contributed by atoms with van der Waals surface area (Å²) in [7, 11) is 0. The van der Waals surface area contributed by atoms with Gasteiger partial charge in [0.1, 0.15) is 17.5 Å². The summed E-state index contributed by atoms with van der Waals surface area (Å²) >= 11 is 0. The van der Waals surface area contributed by atoms with Gasteiger partial charge >= 0.3 is 6.09 Å². The number of nitrogens with zero attached hydrogens (tertiary/aromatic N) is 1. The third kappa shape index (κ3) is 8.31. The lowest BCUT2D eigenvalue weighted by atomic mass is 9.92. The third-order valence-corrected chi connectivity index (χ3v) is 6.55. The molecule has 1 aliphatic heterocycles. The van der Waals surface area contributed by atoms with Crippen LogP contribution in [0.3, 0.4) is 0 Å². The van der Waals surface area contributed by atoms with Crippen LogP contribution >= 0.6 is 0 Å². The number of carbonyl (C=O) groups excluding carboxylic acids is 3. The van der Waals surface area contributed by atoms with Gasteiger partial charge in [0, 0.05) is 47.7 Å².